The summed E-state index contributed by atoms with van der Waals surface area (Å²) in [5, 5.41) is 9.64. The molecule has 3 nitrogen and oxygen atoms in total. The lowest BCUT2D eigenvalue weighted by Gasteiger charge is -2.23. The van der Waals surface area contributed by atoms with E-state index in [1.807, 2.05) is 20.8 Å². The number of aliphatic hydroxyl groups excluding tert-OH is 1. The Bertz CT molecular complexity index is 177. The Morgan fingerprint density at radius 2 is 2.17 bits per heavy atom. The van der Waals surface area contributed by atoms with Gasteiger partial charge in [-0.25, -0.2) is 0 Å². The van der Waals surface area contributed by atoms with Crippen molar-refractivity contribution in [1.29, 1.82) is 0 Å². The smallest absolute Gasteiger partial charge is 0.306 e. The van der Waals surface area contributed by atoms with Crippen molar-refractivity contribution in [3.05, 3.63) is 0 Å². The van der Waals surface area contributed by atoms with E-state index in [0.29, 0.717) is 6.42 Å². The van der Waals surface area contributed by atoms with Crippen molar-refractivity contribution in [2.75, 3.05) is 0 Å². The zero-order valence-corrected chi connectivity index (χ0v) is 7.78. The molecule has 3 atom stereocenters. The van der Waals surface area contributed by atoms with Gasteiger partial charge in [-0.1, -0.05) is 20.8 Å². The number of carbonyl (C=O) groups excluding carboxylic acids is 1. The SMILES string of the molecule is CC(C)C(O)[C@@H]1OC(=O)C[C@@H]1C. The number of hydrogen-bond acceptors (Lipinski definition) is 3. The fourth-order valence-corrected chi connectivity index (χ4v) is 1.48. The van der Waals surface area contributed by atoms with E-state index in [4.69, 9.17) is 4.74 Å². The van der Waals surface area contributed by atoms with Crippen LogP contribution in [0.4, 0.5) is 0 Å². The molecule has 3 heteroatoms. The summed E-state index contributed by atoms with van der Waals surface area (Å²) in [4.78, 5) is 10.9. The topological polar surface area (TPSA) is 46.5 Å². The predicted octanol–water partition coefficient (Wildman–Crippen LogP) is 0.955. The molecule has 1 saturated heterocycles. The van der Waals surface area contributed by atoms with Crippen LogP contribution < -0.4 is 0 Å². The second-order valence-corrected chi connectivity index (χ2v) is 3.87. The van der Waals surface area contributed by atoms with Crippen LogP contribution in [0.1, 0.15) is 27.2 Å². The molecule has 12 heavy (non-hydrogen) atoms. The highest BCUT2D eigenvalue weighted by molar-refractivity contribution is 5.72. The summed E-state index contributed by atoms with van der Waals surface area (Å²) in [6, 6.07) is 0. The van der Waals surface area contributed by atoms with Crippen LogP contribution in [0.2, 0.25) is 0 Å². The third-order valence-electron chi connectivity index (χ3n) is 2.34. The summed E-state index contributed by atoms with van der Waals surface area (Å²) in [7, 11) is 0. The van der Waals surface area contributed by atoms with Crippen molar-refractivity contribution in [3.63, 3.8) is 0 Å². The van der Waals surface area contributed by atoms with Gasteiger partial charge in [0.25, 0.3) is 0 Å². The predicted molar refractivity (Wildman–Crippen MR) is 44.5 cm³/mol. The van der Waals surface area contributed by atoms with Gasteiger partial charge >= 0.3 is 5.97 Å². The molecule has 1 N–H and O–H groups in total. The largest absolute Gasteiger partial charge is 0.459 e. The van der Waals surface area contributed by atoms with Gasteiger partial charge in [-0.3, -0.25) is 4.79 Å². The Labute approximate surface area is 72.7 Å². The number of carbonyl (C=O) groups is 1. The molecule has 0 radical (unpaired) electrons. The van der Waals surface area contributed by atoms with Gasteiger partial charge in [-0.2, -0.15) is 0 Å². The van der Waals surface area contributed by atoms with Crippen LogP contribution in [0.15, 0.2) is 0 Å². The zero-order valence-electron chi connectivity index (χ0n) is 7.78. The first-order chi connectivity index (χ1) is 5.52. The van der Waals surface area contributed by atoms with E-state index >= 15 is 0 Å². The Morgan fingerprint density at radius 1 is 1.58 bits per heavy atom. The maximum atomic E-state index is 10.9. The molecule has 0 aromatic carbocycles. The van der Waals surface area contributed by atoms with Crippen molar-refractivity contribution in [2.24, 2.45) is 11.8 Å². The average Bonchev–Trinajstić information content (AvgIpc) is 2.28. The molecule has 0 bridgehead atoms. The fraction of sp³-hybridized carbons (Fsp3) is 0.889. The Balaban J connectivity index is 2.57. The van der Waals surface area contributed by atoms with Crippen molar-refractivity contribution >= 4 is 5.97 Å². The van der Waals surface area contributed by atoms with E-state index in [9.17, 15) is 9.90 Å². The molecule has 0 aliphatic carbocycles. The van der Waals surface area contributed by atoms with Gasteiger partial charge < -0.3 is 9.84 Å². The van der Waals surface area contributed by atoms with Crippen LogP contribution in [0, 0.1) is 11.8 Å². The lowest BCUT2D eigenvalue weighted by molar-refractivity contribution is -0.147. The molecule has 70 valence electrons. The van der Waals surface area contributed by atoms with Gasteiger partial charge in [-0.15, -0.1) is 0 Å². The van der Waals surface area contributed by atoms with Gasteiger partial charge in [0.05, 0.1) is 12.5 Å². The number of rotatable bonds is 2. The molecule has 0 saturated carbocycles. The molecule has 1 unspecified atom stereocenters. The lowest BCUT2D eigenvalue weighted by atomic mass is 9.93. The van der Waals surface area contributed by atoms with Crippen LogP contribution in [-0.4, -0.2) is 23.3 Å². The van der Waals surface area contributed by atoms with Crippen molar-refractivity contribution in [1.82, 2.24) is 0 Å². The summed E-state index contributed by atoms with van der Waals surface area (Å²) in [6.45, 7) is 5.77. The van der Waals surface area contributed by atoms with E-state index in [2.05, 4.69) is 0 Å². The third-order valence-corrected chi connectivity index (χ3v) is 2.34. The van der Waals surface area contributed by atoms with Gasteiger partial charge in [-0.05, 0) is 5.92 Å². The van der Waals surface area contributed by atoms with Crippen molar-refractivity contribution < 1.29 is 14.6 Å². The normalized spacial score (nSPS) is 32.2. The standard InChI is InChI=1S/C9H16O3/c1-5(2)8(11)9-6(3)4-7(10)12-9/h5-6,8-9,11H,4H2,1-3H3/t6-,8?,9+/m0/s1. The zero-order chi connectivity index (χ0) is 9.30. The van der Waals surface area contributed by atoms with E-state index < -0.39 is 6.10 Å². The maximum absolute atomic E-state index is 10.9. The molecule has 0 spiro atoms. The number of aliphatic hydroxyl groups is 1. The molecule has 1 aliphatic heterocycles. The summed E-state index contributed by atoms with van der Waals surface area (Å²) < 4.78 is 5.01. The van der Waals surface area contributed by atoms with Crippen LogP contribution in [0.25, 0.3) is 0 Å². The highest BCUT2D eigenvalue weighted by Gasteiger charge is 2.37. The maximum Gasteiger partial charge on any atom is 0.306 e. The Hall–Kier alpha value is -0.570. The summed E-state index contributed by atoms with van der Waals surface area (Å²) in [5.74, 6) is 0.102. The molecule has 0 aromatic rings. The van der Waals surface area contributed by atoms with Gasteiger partial charge in [0, 0.05) is 5.92 Å². The molecule has 1 aliphatic rings. The summed E-state index contributed by atoms with van der Waals surface area (Å²) in [6.07, 6.45) is -0.377. The van der Waals surface area contributed by atoms with Gasteiger partial charge in [0.1, 0.15) is 6.10 Å². The Kier molecular flexibility index (Phi) is 2.73. The number of esters is 1. The quantitative estimate of drug-likeness (QED) is 0.631. The van der Waals surface area contributed by atoms with Crippen LogP contribution in [0.5, 0.6) is 0 Å². The van der Waals surface area contributed by atoms with Crippen molar-refractivity contribution in [3.8, 4) is 0 Å². The second kappa shape index (κ2) is 3.44. The number of cyclic esters (lactones) is 1. The van der Waals surface area contributed by atoms with Gasteiger partial charge in [0.15, 0.2) is 0 Å². The molecule has 0 aromatic heterocycles. The lowest BCUT2D eigenvalue weighted by Crippen LogP contribution is -2.34. The average molecular weight is 172 g/mol. The summed E-state index contributed by atoms with van der Waals surface area (Å²) >= 11 is 0. The summed E-state index contributed by atoms with van der Waals surface area (Å²) in [5.41, 5.74) is 0. The fourth-order valence-electron chi connectivity index (χ4n) is 1.48. The molecule has 0 amide bonds. The third kappa shape index (κ3) is 1.78. The Morgan fingerprint density at radius 3 is 2.50 bits per heavy atom. The monoisotopic (exact) mass is 172 g/mol. The highest BCUT2D eigenvalue weighted by atomic mass is 16.6. The van der Waals surface area contributed by atoms with E-state index in [1.165, 1.54) is 0 Å². The minimum absolute atomic E-state index is 0.142. The number of hydrogen-bond donors (Lipinski definition) is 1. The first kappa shape index (κ1) is 9.52. The van der Waals surface area contributed by atoms with Gasteiger partial charge in [0.2, 0.25) is 0 Å². The van der Waals surface area contributed by atoms with Crippen molar-refractivity contribution in [2.45, 2.75) is 39.4 Å². The molecule has 1 fully saturated rings. The van der Waals surface area contributed by atoms with E-state index in [1.54, 1.807) is 0 Å². The first-order valence-electron chi connectivity index (χ1n) is 4.40. The number of ether oxygens (including phenoxy) is 1. The van der Waals surface area contributed by atoms with E-state index in [-0.39, 0.29) is 23.9 Å². The molecular weight excluding hydrogens is 156 g/mol. The highest BCUT2D eigenvalue weighted by Crippen LogP contribution is 2.26. The second-order valence-electron chi connectivity index (χ2n) is 3.87. The minimum atomic E-state index is -0.522. The van der Waals surface area contributed by atoms with Crippen LogP contribution in [0.3, 0.4) is 0 Å². The van der Waals surface area contributed by atoms with Crippen LogP contribution >= 0.6 is 0 Å². The molecule has 1 rings (SSSR count). The molecule has 1 heterocycles. The minimum Gasteiger partial charge on any atom is -0.459 e. The van der Waals surface area contributed by atoms with E-state index in [0.717, 1.165) is 0 Å². The van der Waals surface area contributed by atoms with Crippen LogP contribution in [-0.2, 0) is 9.53 Å². The first-order valence-corrected chi connectivity index (χ1v) is 4.40. The molecular formula is C9H16O3.